The van der Waals surface area contributed by atoms with Crippen molar-refractivity contribution < 1.29 is 3.07 Å². The van der Waals surface area contributed by atoms with Crippen LogP contribution in [0.15, 0.2) is 91.0 Å². The quantitative estimate of drug-likeness (QED) is 0.254. The third-order valence-electron chi connectivity index (χ3n) is 8.71. The molecule has 0 aromatic heterocycles. The normalized spacial score (nSPS) is 13.7. The van der Waals surface area contributed by atoms with Gasteiger partial charge in [0.25, 0.3) is 0 Å². The van der Waals surface area contributed by atoms with Crippen LogP contribution in [-0.2, 0) is 3.07 Å². The third kappa shape index (κ3) is 4.27. The Morgan fingerprint density at radius 1 is 0.559 bits per heavy atom. The molecular weight excluding hydrogens is 567 g/mol. The molecule has 0 aliphatic carbocycles. The average Bonchev–Trinajstić information content (AvgIpc) is 2.80. The first-order chi connectivity index (χ1) is 15.9. The first-order valence-corrected chi connectivity index (χ1v) is 30.0. The van der Waals surface area contributed by atoms with Gasteiger partial charge in [-0.15, -0.1) is 0 Å². The molecule has 0 bridgehead atoms. The van der Waals surface area contributed by atoms with Gasteiger partial charge in [0.2, 0.25) is 0 Å². The van der Waals surface area contributed by atoms with E-state index in [9.17, 15) is 0 Å². The Morgan fingerprint density at radius 2 is 0.824 bits per heavy atom. The molecule has 0 aliphatic heterocycles. The van der Waals surface area contributed by atoms with E-state index in [1.54, 1.807) is 15.6 Å². The van der Waals surface area contributed by atoms with Gasteiger partial charge in [-0.3, -0.25) is 0 Å². The summed E-state index contributed by atoms with van der Waals surface area (Å²) in [6.07, 6.45) is 0. The van der Waals surface area contributed by atoms with Crippen molar-refractivity contribution >= 4 is 58.6 Å². The van der Waals surface area contributed by atoms with Crippen LogP contribution in [0, 0.1) is 0 Å². The van der Waals surface area contributed by atoms with Gasteiger partial charge in [0.1, 0.15) is 0 Å². The average molecular weight is 612 g/mol. The summed E-state index contributed by atoms with van der Waals surface area (Å²) < 4.78 is 7.38. The molecule has 0 unspecified atom stereocenters. The molecule has 0 amide bonds. The Balaban J connectivity index is 2.55. The molecule has 0 N–H and O–H groups in total. The molecule has 0 spiro atoms. The molecule has 0 aliphatic rings. The summed E-state index contributed by atoms with van der Waals surface area (Å²) in [5.74, 6) is 0. The van der Waals surface area contributed by atoms with Gasteiger partial charge in [-0.25, -0.2) is 0 Å². The van der Waals surface area contributed by atoms with E-state index in [1.807, 2.05) is 0 Å². The molecule has 34 heavy (non-hydrogen) atoms. The molecule has 182 valence electrons. The predicted octanol–water partition coefficient (Wildman–Crippen LogP) is 6.43. The van der Waals surface area contributed by atoms with Gasteiger partial charge in [-0.1, -0.05) is 0 Å². The second kappa shape index (κ2) is 10.2. The Morgan fingerprint density at radius 3 is 1.06 bits per heavy atom. The van der Waals surface area contributed by atoms with Crippen molar-refractivity contribution in [3.8, 4) is 0 Å². The molecule has 0 saturated carbocycles. The molecule has 0 atom stereocenters. The molecule has 0 saturated heterocycles. The van der Waals surface area contributed by atoms with Crippen LogP contribution in [0.2, 0.25) is 51.5 Å². The number of rotatable bonds is 9. The summed E-state index contributed by atoms with van der Waals surface area (Å²) in [5, 5.41) is 4.77. The zero-order valence-electron chi connectivity index (χ0n) is 22.8. The van der Waals surface area contributed by atoms with Gasteiger partial charge in [-0.05, 0) is 0 Å². The van der Waals surface area contributed by atoms with Gasteiger partial charge in [0.05, 0.1) is 0 Å². The molecule has 1 nitrogen and oxygen atoms in total. The van der Waals surface area contributed by atoms with E-state index in [-0.39, 0.29) is 2.30 Å². The van der Waals surface area contributed by atoms with Crippen LogP contribution in [0.4, 0.5) is 0 Å². The van der Waals surface area contributed by atoms with Crippen LogP contribution in [0.3, 0.4) is 0 Å². The maximum atomic E-state index is 7.13. The first kappa shape index (κ1) is 27.7. The van der Waals surface area contributed by atoms with Crippen molar-refractivity contribution in [2.75, 3.05) is 6.61 Å². The summed E-state index contributed by atoms with van der Waals surface area (Å²) in [6.45, 7) is 19.2. The standard InChI is InChI=1S/C25H33Si3.C2H5O.2CH3.Sn/c1-26(2,22-16-10-7-11-17-22)25(27(3,4)23-18-12-8-13-19-23)28(5,6)24-20-14-9-15-21-24;1-2-3;;;/h7-21H,1-6H3;2H2,1H3;2*1H3;/q;-1;;;+1. The van der Waals surface area contributed by atoms with Gasteiger partial charge in [0.15, 0.2) is 0 Å². The Hall–Kier alpha value is -0.931. The summed E-state index contributed by atoms with van der Waals surface area (Å²) >= 11 is -3.26. The molecule has 3 rings (SSSR count). The summed E-state index contributed by atoms with van der Waals surface area (Å²) in [6, 6.07) is 34.6. The minimum absolute atomic E-state index is 0.252. The van der Waals surface area contributed by atoms with Crippen LogP contribution >= 0.6 is 0 Å². The molecule has 3 aromatic rings. The monoisotopic (exact) mass is 612 g/mol. The van der Waals surface area contributed by atoms with Crippen molar-refractivity contribution in [1.29, 1.82) is 0 Å². The van der Waals surface area contributed by atoms with E-state index in [4.69, 9.17) is 3.07 Å². The van der Waals surface area contributed by atoms with Crippen LogP contribution < -0.4 is 15.6 Å². The molecule has 3 aromatic carbocycles. The van der Waals surface area contributed by atoms with E-state index in [0.717, 1.165) is 6.61 Å². The zero-order valence-corrected chi connectivity index (χ0v) is 28.6. The maximum absolute atomic E-state index is 7.13. The van der Waals surface area contributed by atoms with E-state index in [2.05, 4.69) is 147 Å². The topological polar surface area (TPSA) is 9.23 Å². The van der Waals surface area contributed by atoms with Crippen LogP contribution in [0.1, 0.15) is 6.92 Å². The third-order valence-corrected chi connectivity index (χ3v) is 67.1. The van der Waals surface area contributed by atoms with Crippen molar-refractivity contribution in [2.45, 2.75) is 58.4 Å². The van der Waals surface area contributed by atoms with Gasteiger partial charge in [-0.2, -0.15) is 0 Å². The van der Waals surface area contributed by atoms with Crippen LogP contribution in [0.5, 0.6) is 0 Å². The fraction of sp³-hybridized carbons (Fsp3) is 0.379. The number of benzene rings is 3. The zero-order chi connectivity index (χ0) is 25.3. The fourth-order valence-corrected chi connectivity index (χ4v) is 85.0. The Labute approximate surface area is 216 Å². The predicted molar refractivity (Wildman–Crippen MR) is 162 cm³/mol. The van der Waals surface area contributed by atoms with Gasteiger partial charge < -0.3 is 0 Å². The molecule has 0 radical (unpaired) electrons. The fourth-order valence-electron chi connectivity index (χ4n) is 8.28. The van der Waals surface area contributed by atoms with Crippen LogP contribution in [-0.4, -0.2) is 49.6 Å². The molecule has 0 heterocycles. The van der Waals surface area contributed by atoms with E-state index in [0.29, 0.717) is 0 Å². The van der Waals surface area contributed by atoms with Crippen molar-refractivity contribution in [3.63, 3.8) is 0 Å². The second-order valence-electron chi connectivity index (χ2n) is 11.7. The van der Waals surface area contributed by atoms with Gasteiger partial charge >= 0.3 is 218 Å². The summed E-state index contributed by atoms with van der Waals surface area (Å²) in [4.78, 5) is 5.26. The van der Waals surface area contributed by atoms with E-state index in [1.165, 1.54) is 0 Å². The minimum atomic E-state index is -3.26. The van der Waals surface area contributed by atoms with E-state index >= 15 is 0 Å². The SMILES string of the molecule is CC[O][Sn]([CH3])([CH3])[C]([Si](C)(C)c1ccccc1)([Si](C)(C)c1ccccc1)[Si](C)(C)c1ccccc1. The summed E-state index contributed by atoms with van der Waals surface area (Å²) in [5.41, 5.74) is 0. The number of hydrogen-bond donors (Lipinski definition) is 0. The molecule has 0 fully saturated rings. The Bertz CT molecular complexity index is 939. The van der Waals surface area contributed by atoms with E-state index < -0.39 is 43.0 Å². The molecule has 5 heteroatoms. The van der Waals surface area contributed by atoms with Gasteiger partial charge in [0, 0.05) is 0 Å². The van der Waals surface area contributed by atoms with Crippen molar-refractivity contribution in [2.24, 2.45) is 0 Å². The molecular formula is C29H44OSi3Sn. The van der Waals surface area contributed by atoms with Crippen molar-refractivity contribution in [1.82, 2.24) is 0 Å². The van der Waals surface area contributed by atoms with Crippen molar-refractivity contribution in [3.05, 3.63) is 91.0 Å². The Kier molecular flexibility index (Phi) is 8.30. The summed E-state index contributed by atoms with van der Waals surface area (Å²) in [7, 11) is -6.23. The number of hydrogen-bond acceptors (Lipinski definition) is 1. The first-order valence-electron chi connectivity index (χ1n) is 12.7. The second-order valence-corrected chi connectivity index (χ2v) is 42.8. The van der Waals surface area contributed by atoms with Crippen LogP contribution in [0.25, 0.3) is 0 Å².